The number of nitrogens with one attached hydrogen (secondary N) is 3. The molecular weight excluding hydrogens is 346 g/mol. The number of amides is 3. The van der Waals surface area contributed by atoms with E-state index in [0.717, 1.165) is 19.1 Å². The van der Waals surface area contributed by atoms with Gasteiger partial charge in [-0.3, -0.25) is 14.4 Å². The summed E-state index contributed by atoms with van der Waals surface area (Å²) in [5.74, 6) is -0.650. The monoisotopic (exact) mass is 383 g/mol. The molecular formula is C20H37N3O4. The van der Waals surface area contributed by atoms with Crippen LogP contribution in [0.25, 0.3) is 0 Å². The number of hydrogen-bond donors (Lipinski definition) is 3. The molecule has 27 heavy (non-hydrogen) atoms. The lowest BCUT2D eigenvalue weighted by Gasteiger charge is -2.25. The zero-order chi connectivity index (χ0) is 21.0. The molecule has 0 radical (unpaired) electrons. The maximum Gasteiger partial charge on any atom is 0.243 e. The first-order valence-electron chi connectivity index (χ1n) is 9.93. The summed E-state index contributed by atoms with van der Waals surface area (Å²) in [6, 6.07) is -1.98. The smallest absolute Gasteiger partial charge is 0.243 e. The summed E-state index contributed by atoms with van der Waals surface area (Å²) in [5.41, 5.74) is 0. The second-order valence-electron chi connectivity index (χ2n) is 7.97. The molecule has 7 nitrogen and oxygen atoms in total. The standard InChI is InChI=1S/C20H37N3O4/c1-7-8-9-16(12-24)22-19(26)18(11-14(4)5)23-20(27)17(10-13(2)3)21-15(6)25/h12-14,16-18H,7-11H2,1-6H3,(H,21,25)(H,22,26)(H,23,27)/t16-,17-,18+/m1/s1. The van der Waals surface area contributed by atoms with Crippen LogP contribution in [-0.4, -0.2) is 42.1 Å². The van der Waals surface area contributed by atoms with Crippen molar-refractivity contribution in [2.24, 2.45) is 11.8 Å². The SMILES string of the molecule is CCCC[C@H](C=O)NC(=O)[C@H](CC(C)C)NC(=O)[C@@H](CC(C)C)NC(C)=O. The van der Waals surface area contributed by atoms with E-state index in [-0.39, 0.29) is 29.6 Å². The molecule has 0 fully saturated rings. The highest BCUT2D eigenvalue weighted by Gasteiger charge is 2.28. The maximum absolute atomic E-state index is 12.7. The Morgan fingerprint density at radius 1 is 0.852 bits per heavy atom. The fourth-order valence-electron chi connectivity index (χ4n) is 2.81. The van der Waals surface area contributed by atoms with Crippen LogP contribution in [0.5, 0.6) is 0 Å². The number of rotatable bonds is 13. The van der Waals surface area contributed by atoms with Crippen molar-refractivity contribution >= 4 is 24.0 Å². The minimum Gasteiger partial charge on any atom is -0.345 e. The predicted molar refractivity (Wildman–Crippen MR) is 106 cm³/mol. The predicted octanol–water partition coefficient (Wildman–Crippen LogP) is 1.94. The first-order chi connectivity index (χ1) is 12.6. The number of unbranched alkanes of at least 4 members (excludes halogenated alkanes) is 1. The molecule has 0 bridgehead atoms. The Hall–Kier alpha value is -1.92. The van der Waals surface area contributed by atoms with Crippen LogP contribution in [0.2, 0.25) is 0 Å². The van der Waals surface area contributed by atoms with Crippen LogP contribution in [-0.2, 0) is 19.2 Å². The van der Waals surface area contributed by atoms with Gasteiger partial charge in [-0.1, -0.05) is 47.5 Å². The Balaban J connectivity index is 5.14. The van der Waals surface area contributed by atoms with Crippen molar-refractivity contribution < 1.29 is 19.2 Å². The maximum atomic E-state index is 12.7. The van der Waals surface area contributed by atoms with Gasteiger partial charge in [0.2, 0.25) is 17.7 Å². The van der Waals surface area contributed by atoms with Crippen molar-refractivity contribution in [1.82, 2.24) is 16.0 Å². The fraction of sp³-hybridized carbons (Fsp3) is 0.800. The third-order valence-corrected chi connectivity index (χ3v) is 4.10. The van der Waals surface area contributed by atoms with Gasteiger partial charge in [-0.2, -0.15) is 0 Å². The van der Waals surface area contributed by atoms with Crippen LogP contribution >= 0.6 is 0 Å². The molecule has 3 amide bonds. The molecule has 0 heterocycles. The summed E-state index contributed by atoms with van der Waals surface area (Å²) in [6.45, 7) is 11.2. The summed E-state index contributed by atoms with van der Waals surface area (Å²) in [4.78, 5) is 47.9. The lowest BCUT2D eigenvalue weighted by Crippen LogP contribution is -2.55. The molecule has 0 rings (SSSR count). The van der Waals surface area contributed by atoms with E-state index < -0.39 is 18.1 Å². The van der Waals surface area contributed by atoms with Gasteiger partial charge < -0.3 is 20.7 Å². The summed E-state index contributed by atoms with van der Waals surface area (Å²) in [5, 5.41) is 8.14. The molecule has 0 aromatic heterocycles. The Labute approximate surface area is 163 Å². The van der Waals surface area contributed by atoms with Crippen LogP contribution in [0.1, 0.15) is 73.6 Å². The highest BCUT2D eigenvalue weighted by Crippen LogP contribution is 2.09. The van der Waals surface area contributed by atoms with Crippen molar-refractivity contribution in [3.05, 3.63) is 0 Å². The number of carbonyl (C=O) groups is 4. The van der Waals surface area contributed by atoms with Gasteiger partial charge in [0.05, 0.1) is 6.04 Å². The number of carbonyl (C=O) groups excluding carboxylic acids is 4. The molecule has 0 aliphatic carbocycles. The highest BCUT2D eigenvalue weighted by atomic mass is 16.2. The van der Waals surface area contributed by atoms with E-state index in [9.17, 15) is 19.2 Å². The Morgan fingerprint density at radius 3 is 1.74 bits per heavy atom. The third-order valence-electron chi connectivity index (χ3n) is 4.10. The summed E-state index contributed by atoms with van der Waals surface area (Å²) in [6.07, 6.45) is 4.01. The number of hydrogen-bond acceptors (Lipinski definition) is 4. The lowest BCUT2D eigenvalue weighted by molar-refractivity contribution is -0.133. The molecule has 156 valence electrons. The topological polar surface area (TPSA) is 104 Å². The normalized spacial score (nSPS) is 14.4. The highest BCUT2D eigenvalue weighted by molar-refractivity contribution is 5.92. The largest absolute Gasteiger partial charge is 0.345 e. The van der Waals surface area contributed by atoms with Crippen LogP contribution in [0.4, 0.5) is 0 Å². The lowest BCUT2D eigenvalue weighted by atomic mass is 9.99. The average molecular weight is 384 g/mol. The van der Waals surface area contributed by atoms with Crippen molar-refractivity contribution in [3.8, 4) is 0 Å². The van der Waals surface area contributed by atoms with Gasteiger partial charge in [-0.15, -0.1) is 0 Å². The third kappa shape index (κ3) is 11.4. The molecule has 0 aliphatic rings. The van der Waals surface area contributed by atoms with Gasteiger partial charge in [0, 0.05) is 6.92 Å². The van der Waals surface area contributed by atoms with Crippen molar-refractivity contribution in [3.63, 3.8) is 0 Å². The Morgan fingerprint density at radius 2 is 1.33 bits per heavy atom. The molecule has 0 saturated heterocycles. The molecule has 0 aromatic rings. The van der Waals surface area contributed by atoms with E-state index in [1.165, 1.54) is 6.92 Å². The zero-order valence-corrected chi connectivity index (χ0v) is 17.6. The van der Waals surface area contributed by atoms with Gasteiger partial charge in [-0.05, 0) is 31.1 Å². The van der Waals surface area contributed by atoms with Gasteiger partial charge >= 0.3 is 0 Å². The minimum atomic E-state index is -0.745. The van der Waals surface area contributed by atoms with Crippen molar-refractivity contribution in [2.75, 3.05) is 0 Å². The minimum absolute atomic E-state index is 0.177. The van der Waals surface area contributed by atoms with Crippen LogP contribution in [0.15, 0.2) is 0 Å². The average Bonchev–Trinajstić information content (AvgIpc) is 2.55. The molecule has 7 heteroatoms. The van der Waals surface area contributed by atoms with Gasteiger partial charge in [-0.25, -0.2) is 0 Å². The summed E-state index contributed by atoms with van der Waals surface area (Å²) >= 11 is 0. The molecule has 3 N–H and O–H groups in total. The van der Waals surface area contributed by atoms with E-state index in [1.807, 2.05) is 34.6 Å². The molecule has 0 aromatic carbocycles. The molecule has 0 saturated carbocycles. The van der Waals surface area contributed by atoms with E-state index in [1.54, 1.807) is 0 Å². The van der Waals surface area contributed by atoms with Gasteiger partial charge in [0.1, 0.15) is 18.4 Å². The van der Waals surface area contributed by atoms with Gasteiger partial charge in [0.25, 0.3) is 0 Å². The van der Waals surface area contributed by atoms with Crippen LogP contribution in [0, 0.1) is 11.8 Å². The van der Waals surface area contributed by atoms with Gasteiger partial charge in [0.15, 0.2) is 0 Å². The second kappa shape index (κ2) is 13.3. The summed E-state index contributed by atoms with van der Waals surface area (Å²) < 4.78 is 0. The Kier molecular flexibility index (Phi) is 12.3. The van der Waals surface area contributed by atoms with Crippen molar-refractivity contribution in [1.29, 1.82) is 0 Å². The molecule has 0 aliphatic heterocycles. The van der Waals surface area contributed by atoms with E-state index in [4.69, 9.17) is 0 Å². The number of aldehydes is 1. The first-order valence-corrected chi connectivity index (χ1v) is 9.93. The fourth-order valence-corrected chi connectivity index (χ4v) is 2.81. The van der Waals surface area contributed by atoms with E-state index in [0.29, 0.717) is 19.3 Å². The molecule has 0 unspecified atom stereocenters. The molecule has 3 atom stereocenters. The second-order valence-corrected chi connectivity index (χ2v) is 7.97. The van der Waals surface area contributed by atoms with Crippen molar-refractivity contribution in [2.45, 2.75) is 91.8 Å². The van der Waals surface area contributed by atoms with E-state index in [2.05, 4.69) is 16.0 Å². The Bertz CT molecular complexity index is 492. The van der Waals surface area contributed by atoms with Crippen LogP contribution < -0.4 is 16.0 Å². The quantitative estimate of drug-likeness (QED) is 0.423. The summed E-state index contributed by atoms with van der Waals surface area (Å²) in [7, 11) is 0. The zero-order valence-electron chi connectivity index (χ0n) is 17.6. The molecule has 0 spiro atoms. The first kappa shape index (κ1) is 25.1. The van der Waals surface area contributed by atoms with E-state index >= 15 is 0 Å². The van der Waals surface area contributed by atoms with Crippen LogP contribution in [0.3, 0.4) is 0 Å².